The zero-order chi connectivity index (χ0) is 20.1. The van der Waals surface area contributed by atoms with Crippen molar-refractivity contribution in [1.82, 2.24) is 15.2 Å². The number of carbonyl (C=O) groups is 3. The van der Waals surface area contributed by atoms with Crippen LogP contribution in [0.25, 0.3) is 0 Å². The first kappa shape index (κ1) is 20.6. The van der Waals surface area contributed by atoms with Crippen molar-refractivity contribution in [2.75, 3.05) is 13.1 Å². The third-order valence-electron chi connectivity index (χ3n) is 4.17. The Bertz CT molecular complexity index is 841. The Morgan fingerprint density at radius 1 is 1.15 bits per heavy atom. The Labute approximate surface area is 162 Å². The average Bonchev–Trinajstić information content (AvgIpc) is 3.05. The molecular weight excluding hydrogens is 366 g/mol. The number of hydrogen-bond acceptors (Lipinski definition) is 5. The quantitative estimate of drug-likeness (QED) is 0.758. The van der Waals surface area contributed by atoms with E-state index in [0.29, 0.717) is 34.9 Å². The van der Waals surface area contributed by atoms with Gasteiger partial charge >= 0.3 is 5.97 Å². The molecule has 8 heteroatoms. The van der Waals surface area contributed by atoms with E-state index >= 15 is 0 Å². The predicted octanol–water partition coefficient (Wildman–Crippen LogP) is 3.12. The molecule has 0 aliphatic carbocycles. The van der Waals surface area contributed by atoms with Gasteiger partial charge < -0.3 is 15.3 Å². The molecule has 7 nitrogen and oxygen atoms in total. The molecule has 0 saturated carbocycles. The minimum absolute atomic E-state index is 0.0696. The fraction of sp³-hybridized carbons (Fsp3) is 0.368. The molecule has 0 fully saturated rings. The molecule has 144 valence electrons. The van der Waals surface area contributed by atoms with Gasteiger partial charge in [-0.2, -0.15) is 0 Å². The third kappa shape index (κ3) is 4.71. The summed E-state index contributed by atoms with van der Waals surface area (Å²) in [5.74, 6) is -1.41. The van der Waals surface area contributed by atoms with Crippen molar-refractivity contribution in [2.45, 2.75) is 33.7 Å². The maximum Gasteiger partial charge on any atom is 0.347 e. The number of hydrogen-bond donors (Lipinski definition) is 2. The molecule has 27 heavy (non-hydrogen) atoms. The second-order valence-electron chi connectivity index (χ2n) is 6.02. The van der Waals surface area contributed by atoms with Gasteiger partial charge in [-0.3, -0.25) is 9.59 Å². The van der Waals surface area contributed by atoms with Gasteiger partial charge in [0, 0.05) is 24.2 Å². The van der Waals surface area contributed by atoms with Crippen LogP contribution in [0.15, 0.2) is 24.3 Å². The van der Waals surface area contributed by atoms with E-state index in [1.165, 1.54) is 0 Å². The highest BCUT2D eigenvalue weighted by Crippen LogP contribution is 2.23. The highest BCUT2D eigenvalue weighted by molar-refractivity contribution is 7.13. The van der Waals surface area contributed by atoms with E-state index in [0.717, 1.165) is 11.3 Å². The monoisotopic (exact) mass is 389 g/mol. The predicted molar refractivity (Wildman–Crippen MR) is 103 cm³/mol. The molecule has 0 aliphatic rings. The number of carbonyl (C=O) groups excluding carboxylic acids is 2. The number of carboxylic acids is 1. The van der Waals surface area contributed by atoms with Gasteiger partial charge in [0.15, 0.2) is 0 Å². The lowest BCUT2D eigenvalue weighted by atomic mass is 10.1. The van der Waals surface area contributed by atoms with Gasteiger partial charge in [0.05, 0.1) is 11.7 Å². The van der Waals surface area contributed by atoms with Gasteiger partial charge in [0.25, 0.3) is 11.8 Å². The van der Waals surface area contributed by atoms with Crippen molar-refractivity contribution in [3.63, 3.8) is 0 Å². The lowest BCUT2D eigenvalue weighted by Gasteiger charge is -2.18. The van der Waals surface area contributed by atoms with E-state index in [9.17, 15) is 14.4 Å². The summed E-state index contributed by atoms with van der Waals surface area (Å²) >= 11 is 1.05. The lowest BCUT2D eigenvalue weighted by molar-refractivity contribution is 0.0699. The number of aryl methyl sites for hydroxylation is 1. The van der Waals surface area contributed by atoms with Gasteiger partial charge in [0.1, 0.15) is 9.88 Å². The van der Waals surface area contributed by atoms with Gasteiger partial charge in [0.2, 0.25) is 0 Å². The topological polar surface area (TPSA) is 99.6 Å². The SMILES string of the molecule is CCN(CC)C(=O)c1ccc(C(=O)NC(C)c2nc(C)c(C(=O)O)s2)cc1. The largest absolute Gasteiger partial charge is 0.477 e. The second kappa shape index (κ2) is 8.77. The number of carboxylic acid groups (broad SMARTS) is 1. The minimum atomic E-state index is -1.02. The molecule has 1 aromatic carbocycles. The molecule has 1 atom stereocenters. The van der Waals surface area contributed by atoms with Crippen molar-refractivity contribution in [1.29, 1.82) is 0 Å². The molecule has 0 radical (unpaired) electrons. The number of benzene rings is 1. The lowest BCUT2D eigenvalue weighted by Crippen LogP contribution is -2.30. The number of rotatable bonds is 7. The van der Waals surface area contributed by atoms with Crippen LogP contribution in [-0.2, 0) is 0 Å². The summed E-state index contributed by atoms with van der Waals surface area (Å²) in [4.78, 5) is 42.0. The Kier molecular flexibility index (Phi) is 6.68. The Hall–Kier alpha value is -2.74. The Morgan fingerprint density at radius 3 is 2.19 bits per heavy atom. The standard InChI is InChI=1S/C19H23N3O4S/c1-5-22(6-2)18(24)14-9-7-13(8-10-14)16(23)20-12(4)17-21-11(3)15(27-17)19(25)26/h7-10,12H,5-6H2,1-4H3,(H,20,23)(H,25,26). The maximum absolute atomic E-state index is 12.4. The molecule has 1 aromatic heterocycles. The van der Waals surface area contributed by atoms with Crippen LogP contribution >= 0.6 is 11.3 Å². The highest BCUT2D eigenvalue weighted by atomic mass is 32.1. The van der Waals surface area contributed by atoms with Gasteiger partial charge in [-0.05, 0) is 52.0 Å². The molecule has 1 heterocycles. The molecule has 2 amide bonds. The van der Waals surface area contributed by atoms with E-state index in [4.69, 9.17) is 5.11 Å². The summed E-state index contributed by atoms with van der Waals surface area (Å²) in [7, 11) is 0. The number of aromatic nitrogens is 1. The zero-order valence-electron chi connectivity index (χ0n) is 15.8. The van der Waals surface area contributed by atoms with Crippen LogP contribution in [0.1, 0.15) is 67.9 Å². The van der Waals surface area contributed by atoms with E-state index in [1.807, 2.05) is 13.8 Å². The smallest absolute Gasteiger partial charge is 0.347 e. The van der Waals surface area contributed by atoms with E-state index in [2.05, 4.69) is 10.3 Å². The van der Waals surface area contributed by atoms with Crippen molar-refractivity contribution in [3.05, 3.63) is 51.0 Å². The number of amides is 2. The van der Waals surface area contributed by atoms with Gasteiger partial charge in [-0.25, -0.2) is 9.78 Å². The molecular formula is C19H23N3O4S. The fourth-order valence-electron chi connectivity index (χ4n) is 2.60. The molecule has 2 N–H and O–H groups in total. The minimum Gasteiger partial charge on any atom is -0.477 e. The summed E-state index contributed by atoms with van der Waals surface area (Å²) in [5, 5.41) is 12.5. The van der Waals surface area contributed by atoms with E-state index < -0.39 is 12.0 Å². The van der Waals surface area contributed by atoms with Crippen molar-refractivity contribution >= 4 is 29.1 Å². The van der Waals surface area contributed by atoms with Crippen LogP contribution in [-0.4, -0.2) is 45.9 Å². The van der Waals surface area contributed by atoms with Gasteiger partial charge in [-0.1, -0.05) is 0 Å². The van der Waals surface area contributed by atoms with Crippen LogP contribution in [0.4, 0.5) is 0 Å². The molecule has 0 bridgehead atoms. The van der Waals surface area contributed by atoms with Crippen molar-refractivity contribution in [2.24, 2.45) is 0 Å². The number of aromatic carboxylic acids is 1. The maximum atomic E-state index is 12.4. The van der Waals surface area contributed by atoms with Crippen LogP contribution in [0.5, 0.6) is 0 Å². The molecule has 0 spiro atoms. The highest BCUT2D eigenvalue weighted by Gasteiger charge is 2.20. The number of nitrogens with zero attached hydrogens (tertiary/aromatic N) is 2. The van der Waals surface area contributed by atoms with Crippen LogP contribution in [0.2, 0.25) is 0 Å². The summed E-state index contributed by atoms with van der Waals surface area (Å²) in [6, 6.07) is 6.06. The molecule has 1 unspecified atom stereocenters. The van der Waals surface area contributed by atoms with Crippen molar-refractivity contribution < 1.29 is 19.5 Å². The first-order valence-electron chi connectivity index (χ1n) is 8.69. The normalized spacial score (nSPS) is 11.7. The first-order valence-corrected chi connectivity index (χ1v) is 9.50. The third-order valence-corrected chi connectivity index (χ3v) is 5.50. The van der Waals surface area contributed by atoms with Crippen molar-refractivity contribution in [3.8, 4) is 0 Å². The van der Waals surface area contributed by atoms with Crippen LogP contribution in [0.3, 0.4) is 0 Å². The molecule has 0 saturated heterocycles. The summed E-state index contributed by atoms with van der Waals surface area (Å²) in [6.07, 6.45) is 0. The average molecular weight is 389 g/mol. The van der Waals surface area contributed by atoms with E-state index in [-0.39, 0.29) is 16.7 Å². The molecule has 2 aromatic rings. The first-order chi connectivity index (χ1) is 12.8. The summed E-state index contributed by atoms with van der Waals surface area (Å²) in [5.41, 5.74) is 1.39. The molecule has 0 aliphatic heterocycles. The Morgan fingerprint density at radius 2 is 1.70 bits per heavy atom. The number of thiazole rings is 1. The molecule has 2 rings (SSSR count). The van der Waals surface area contributed by atoms with E-state index in [1.54, 1.807) is 43.0 Å². The van der Waals surface area contributed by atoms with Crippen LogP contribution in [0, 0.1) is 6.92 Å². The number of nitrogens with one attached hydrogen (secondary N) is 1. The Balaban J connectivity index is 2.08. The summed E-state index contributed by atoms with van der Waals surface area (Å²) < 4.78 is 0. The van der Waals surface area contributed by atoms with Gasteiger partial charge in [-0.15, -0.1) is 11.3 Å². The fourth-order valence-corrected chi connectivity index (χ4v) is 3.51. The summed E-state index contributed by atoms with van der Waals surface area (Å²) in [6.45, 7) is 8.46. The second-order valence-corrected chi connectivity index (χ2v) is 7.05. The zero-order valence-corrected chi connectivity index (χ0v) is 16.6. The van der Waals surface area contributed by atoms with Crippen LogP contribution < -0.4 is 5.32 Å².